The van der Waals surface area contributed by atoms with E-state index in [1.165, 1.54) is 0 Å². The van der Waals surface area contributed by atoms with Crippen LogP contribution in [0.15, 0.2) is 23.6 Å². The molecule has 39 heavy (non-hydrogen) atoms. The van der Waals surface area contributed by atoms with Crippen molar-refractivity contribution in [1.82, 2.24) is 14.9 Å². The molecule has 1 saturated heterocycles. The second-order valence-electron chi connectivity index (χ2n) is 11.1. The van der Waals surface area contributed by atoms with Crippen LogP contribution in [-0.4, -0.2) is 56.6 Å². The Balaban J connectivity index is 1.40. The lowest BCUT2D eigenvalue weighted by atomic mass is 9.99. The molecule has 1 aromatic carbocycles. The van der Waals surface area contributed by atoms with Gasteiger partial charge in [-0.05, 0) is 71.2 Å². The molecule has 0 bridgehead atoms. The van der Waals surface area contributed by atoms with Crippen molar-refractivity contribution in [3.8, 4) is 11.3 Å². The van der Waals surface area contributed by atoms with Crippen LogP contribution in [0.2, 0.25) is 0 Å². The Hall–Kier alpha value is -3.92. The topological polar surface area (TPSA) is 125 Å². The average Bonchev–Trinajstić information content (AvgIpc) is 3.54. The SMILES string of the molecule is Cc1[nH]c(/C=C2\C(=O)Nc3ccc(-c4csc(C5CCCN(C(=O)OC(C)(C)C)C5)n4)cc32)c(C)c1C(=O)O. The van der Waals surface area contributed by atoms with Gasteiger partial charge in [0.15, 0.2) is 0 Å². The van der Waals surface area contributed by atoms with Crippen LogP contribution in [0.4, 0.5) is 10.5 Å². The number of hydrogen-bond donors (Lipinski definition) is 3. The summed E-state index contributed by atoms with van der Waals surface area (Å²) in [5.74, 6) is -1.11. The monoisotopic (exact) mass is 548 g/mol. The van der Waals surface area contributed by atoms with Crippen LogP contribution >= 0.6 is 11.3 Å². The number of hydrogen-bond acceptors (Lipinski definition) is 6. The maximum atomic E-state index is 12.8. The Labute approximate surface area is 230 Å². The Morgan fingerprint density at radius 3 is 2.72 bits per heavy atom. The van der Waals surface area contributed by atoms with Crippen LogP contribution < -0.4 is 5.32 Å². The zero-order valence-electron chi connectivity index (χ0n) is 22.7. The maximum absolute atomic E-state index is 12.8. The third kappa shape index (κ3) is 5.34. The molecule has 3 N–H and O–H groups in total. The Morgan fingerprint density at radius 2 is 2.03 bits per heavy atom. The standard InChI is InChI=1S/C29H32N4O5S/c1-15-22(30-16(2)24(15)27(35)36)12-20-19-11-17(8-9-21(19)31-25(20)34)23-14-39-26(32-23)18-7-6-10-33(13-18)28(37)38-29(3,4)5/h8-9,11-12,14,18,30H,6-7,10,13H2,1-5H3,(H,31,34)(H,35,36)/b20-12-. The highest BCUT2D eigenvalue weighted by Gasteiger charge is 2.30. The number of anilines is 1. The van der Waals surface area contributed by atoms with Crippen LogP contribution in [0.25, 0.3) is 22.9 Å². The summed E-state index contributed by atoms with van der Waals surface area (Å²) in [5, 5.41) is 15.4. The summed E-state index contributed by atoms with van der Waals surface area (Å²) in [4.78, 5) is 46.9. The second kappa shape index (κ2) is 10.00. The van der Waals surface area contributed by atoms with E-state index in [2.05, 4.69) is 10.3 Å². The molecule has 5 rings (SSSR count). The number of carbonyl (C=O) groups excluding carboxylic acids is 2. The van der Waals surface area contributed by atoms with Crippen molar-refractivity contribution in [3.63, 3.8) is 0 Å². The lowest BCUT2D eigenvalue weighted by molar-refractivity contribution is -0.110. The van der Waals surface area contributed by atoms with Crippen molar-refractivity contribution >= 4 is 46.6 Å². The van der Waals surface area contributed by atoms with Crippen LogP contribution in [0, 0.1) is 13.8 Å². The quantitative estimate of drug-likeness (QED) is 0.340. The summed E-state index contributed by atoms with van der Waals surface area (Å²) in [6.45, 7) is 10.3. The zero-order chi connectivity index (χ0) is 28.1. The number of aryl methyl sites for hydroxylation is 1. The number of carbonyl (C=O) groups is 3. The summed E-state index contributed by atoms with van der Waals surface area (Å²) in [7, 11) is 0. The van der Waals surface area contributed by atoms with Crippen LogP contribution in [0.3, 0.4) is 0 Å². The molecule has 0 spiro atoms. The van der Waals surface area contributed by atoms with Gasteiger partial charge in [0.2, 0.25) is 0 Å². The number of aromatic carboxylic acids is 1. The fraction of sp³-hybridized carbons (Fsp3) is 0.379. The first-order chi connectivity index (χ1) is 18.4. The number of nitrogens with one attached hydrogen (secondary N) is 2. The molecule has 0 radical (unpaired) electrons. The number of benzene rings is 1. The minimum absolute atomic E-state index is 0.140. The first kappa shape index (κ1) is 26.7. The number of thiazole rings is 1. The van der Waals surface area contributed by atoms with Gasteiger partial charge >= 0.3 is 12.1 Å². The van der Waals surface area contributed by atoms with E-state index < -0.39 is 11.6 Å². The molecule has 9 nitrogen and oxygen atoms in total. The van der Waals surface area contributed by atoms with Crippen molar-refractivity contribution in [1.29, 1.82) is 0 Å². The smallest absolute Gasteiger partial charge is 0.410 e. The highest BCUT2D eigenvalue weighted by atomic mass is 32.1. The first-order valence-electron chi connectivity index (χ1n) is 12.9. The van der Waals surface area contributed by atoms with Gasteiger partial charge < -0.3 is 25.0 Å². The molecule has 10 heteroatoms. The fourth-order valence-corrected chi connectivity index (χ4v) is 6.11. The van der Waals surface area contributed by atoms with Crippen molar-refractivity contribution < 1.29 is 24.2 Å². The molecule has 2 aliphatic heterocycles. The third-order valence-corrected chi connectivity index (χ3v) is 8.03. The van der Waals surface area contributed by atoms with Crippen molar-refractivity contribution in [3.05, 3.63) is 56.7 Å². The van der Waals surface area contributed by atoms with E-state index in [1.807, 2.05) is 44.4 Å². The van der Waals surface area contributed by atoms with E-state index in [0.717, 1.165) is 34.7 Å². The van der Waals surface area contributed by atoms with Gasteiger partial charge in [-0.25, -0.2) is 14.6 Å². The number of amides is 2. The van der Waals surface area contributed by atoms with Gasteiger partial charge in [0.1, 0.15) is 5.60 Å². The molecule has 0 aliphatic carbocycles. The highest BCUT2D eigenvalue weighted by Crippen LogP contribution is 2.38. The molecular weight excluding hydrogens is 516 g/mol. The zero-order valence-corrected chi connectivity index (χ0v) is 23.5. The predicted molar refractivity (Wildman–Crippen MR) is 151 cm³/mol. The van der Waals surface area contributed by atoms with Crippen LogP contribution in [0.5, 0.6) is 0 Å². The normalized spacial score (nSPS) is 18.3. The minimum Gasteiger partial charge on any atom is -0.478 e. The number of fused-ring (bicyclic) bond motifs is 1. The Morgan fingerprint density at radius 1 is 1.26 bits per heavy atom. The summed E-state index contributed by atoms with van der Waals surface area (Å²) < 4.78 is 5.57. The fourth-order valence-electron chi connectivity index (χ4n) is 5.15. The largest absolute Gasteiger partial charge is 0.478 e. The van der Waals surface area contributed by atoms with Gasteiger partial charge in [0.05, 0.1) is 21.8 Å². The van der Waals surface area contributed by atoms with Crippen LogP contribution in [0.1, 0.15) is 77.4 Å². The van der Waals surface area contributed by atoms with Gasteiger partial charge in [-0.15, -0.1) is 11.3 Å². The highest BCUT2D eigenvalue weighted by molar-refractivity contribution is 7.10. The molecule has 1 fully saturated rings. The first-order valence-corrected chi connectivity index (χ1v) is 13.8. The number of ether oxygens (including phenoxy) is 1. The van der Waals surface area contributed by atoms with Gasteiger partial charge in [0.25, 0.3) is 5.91 Å². The Bertz CT molecular complexity index is 1510. The molecule has 204 valence electrons. The average molecular weight is 549 g/mol. The van der Waals surface area contributed by atoms with Crippen LogP contribution in [-0.2, 0) is 9.53 Å². The number of nitrogens with zero attached hydrogens (tertiary/aromatic N) is 2. The van der Waals surface area contributed by atoms with E-state index in [1.54, 1.807) is 36.2 Å². The predicted octanol–water partition coefficient (Wildman–Crippen LogP) is 6.06. The molecule has 2 aliphatic rings. The summed E-state index contributed by atoms with van der Waals surface area (Å²) >= 11 is 1.58. The number of H-pyrrole nitrogens is 1. The third-order valence-electron chi connectivity index (χ3n) is 7.02. The summed E-state index contributed by atoms with van der Waals surface area (Å²) in [6, 6.07) is 5.74. The van der Waals surface area contributed by atoms with Gasteiger partial charge in [0, 0.05) is 52.6 Å². The summed E-state index contributed by atoms with van der Waals surface area (Å²) in [5.41, 5.74) is 5.00. The van der Waals surface area contributed by atoms with E-state index in [0.29, 0.717) is 41.3 Å². The van der Waals surface area contributed by atoms with E-state index in [4.69, 9.17) is 9.72 Å². The number of rotatable bonds is 4. The number of piperidine rings is 1. The van der Waals surface area contributed by atoms with Gasteiger partial charge in [-0.3, -0.25) is 4.79 Å². The number of carboxylic acids is 1. The molecule has 4 heterocycles. The van der Waals surface area contributed by atoms with Crippen molar-refractivity contribution in [2.24, 2.45) is 0 Å². The summed E-state index contributed by atoms with van der Waals surface area (Å²) in [6.07, 6.45) is 3.26. The molecule has 1 unspecified atom stereocenters. The van der Waals surface area contributed by atoms with E-state index in [9.17, 15) is 19.5 Å². The second-order valence-corrected chi connectivity index (χ2v) is 12.0. The molecule has 2 aromatic heterocycles. The lowest BCUT2D eigenvalue weighted by Gasteiger charge is -2.33. The van der Waals surface area contributed by atoms with Crippen molar-refractivity contribution in [2.45, 2.75) is 59.0 Å². The van der Waals surface area contributed by atoms with E-state index >= 15 is 0 Å². The number of likely N-dealkylation sites (tertiary alicyclic amines) is 1. The number of aromatic amines is 1. The van der Waals surface area contributed by atoms with Crippen molar-refractivity contribution in [2.75, 3.05) is 18.4 Å². The number of aromatic nitrogens is 2. The molecule has 2 amide bonds. The number of carboxylic acid groups (broad SMARTS) is 1. The minimum atomic E-state index is -1.00. The maximum Gasteiger partial charge on any atom is 0.410 e. The Kier molecular flexibility index (Phi) is 6.84. The van der Waals surface area contributed by atoms with E-state index in [-0.39, 0.29) is 23.5 Å². The lowest BCUT2D eigenvalue weighted by Crippen LogP contribution is -2.42. The molecule has 1 atom stereocenters. The molecule has 0 saturated carbocycles. The molecular formula is C29H32N4O5S. The van der Waals surface area contributed by atoms with Gasteiger partial charge in [-0.1, -0.05) is 6.07 Å². The molecule has 3 aromatic rings. The van der Waals surface area contributed by atoms with Gasteiger partial charge in [-0.2, -0.15) is 0 Å².